The summed E-state index contributed by atoms with van der Waals surface area (Å²) in [6.07, 6.45) is 0.789. The molecule has 0 radical (unpaired) electrons. The van der Waals surface area contributed by atoms with E-state index in [4.69, 9.17) is 22.3 Å². The van der Waals surface area contributed by atoms with Crippen LogP contribution in [0.15, 0.2) is 77.6 Å². The highest BCUT2D eigenvalue weighted by atomic mass is 127. The number of rotatable bonds is 9. The van der Waals surface area contributed by atoms with Crippen LogP contribution in [-0.2, 0) is 13.1 Å². The molecule has 7 heteroatoms. The van der Waals surface area contributed by atoms with Crippen LogP contribution in [0, 0.1) is 3.57 Å². The predicted molar refractivity (Wildman–Crippen MR) is 148 cm³/mol. The van der Waals surface area contributed by atoms with Crippen molar-refractivity contribution in [3.05, 3.63) is 109 Å². The maximum Gasteiger partial charge on any atom is 0.261 e. The van der Waals surface area contributed by atoms with Gasteiger partial charge in [0.2, 0.25) is 0 Å². The third kappa shape index (κ3) is 5.68. The minimum atomic E-state index is -0.0809. The fourth-order valence-corrected chi connectivity index (χ4v) is 4.85. The third-order valence-corrected chi connectivity index (χ3v) is 6.93. The number of benzene rings is 3. The summed E-state index contributed by atoms with van der Waals surface area (Å²) in [6.45, 7) is 4.52. The van der Waals surface area contributed by atoms with Gasteiger partial charge in [0.25, 0.3) is 5.56 Å². The van der Waals surface area contributed by atoms with Gasteiger partial charge in [0.05, 0.1) is 23.5 Å². The van der Waals surface area contributed by atoms with Crippen LogP contribution in [0.2, 0.25) is 5.02 Å². The second-order valence-corrected chi connectivity index (χ2v) is 10.0. The van der Waals surface area contributed by atoms with Gasteiger partial charge >= 0.3 is 0 Å². The number of hydrogen-bond acceptors (Lipinski definition) is 4. The molecule has 3 aromatic carbocycles. The van der Waals surface area contributed by atoms with Gasteiger partial charge in [0.1, 0.15) is 5.82 Å². The Morgan fingerprint density at radius 1 is 1.06 bits per heavy atom. The van der Waals surface area contributed by atoms with E-state index < -0.39 is 0 Å². The maximum atomic E-state index is 13.7. The molecule has 4 aromatic rings. The van der Waals surface area contributed by atoms with Gasteiger partial charge in [0.15, 0.2) is 0 Å². The van der Waals surface area contributed by atoms with Crippen molar-refractivity contribution in [2.75, 3.05) is 13.1 Å². The SMILES string of the molecule is CCC(c1nc2cc(Cl)ccc2c(=O)n1Cc1ccccc1)N(CCN)Cc1ccc(I)cc1. The van der Waals surface area contributed by atoms with Crippen LogP contribution in [0.1, 0.15) is 36.3 Å². The van der Waals surface area contributed by atoms with Gasteiger partial charge in [-0.1, -0.05) is 61.0 Å². The standard InChI is InChI=1S/C27H28ClIN4O/c1-2-25(32(15-14-30)17-20-8-11-22(29)12-9-20)26-31-24-16-21(28)10-13-23(24)27(34)33(26)18-19-6-4-3-5-7-19/h3-13,16,25H,2,14-15,17-18,30H2,1H3. The molecule has 4 rings (SSSR count). The fraction of sp³-hybridized carbons (Fsp3) is 0.259. The molecule has 176 valence electrons. The minimum Gasteiger partial charge on any atom is -0.329 e. The van der Waals surface area contributed by atoms with Crippen LogP contribution in [0.25, 0.3) is 10.9 Å². The van der Waals surface area contributed by atoms with Gasteiger partial charge in [-0.2, -0.15) is 0 Å². The monoisotopic (exact) mass is 586 g/mol. The van der Waals surface area contributed by atoms with Gasteiger partial charge in [-0.25, -0.2) is 4.98 Å². The smallest absolute Gasteiger partial charge is 0.261 e. The van der Waals surface area contributed by atoms with Gasteiger partial charge < -0.3 is 5.73 Å². The molecule has 0 amide bonds. The Hall–Kier alpha value is -2.26. The minimum absolute atomic E-state index is 0.0547. The average Bonchev–Trinajstić information content (AvgIpc) is 2.84. The molecule has 0 spiro atoms. The quantitative estimate of drug-likeness (QED) is 0.259. The van der Waals surface area contributed by atoms with Crippen molar-refractivity contribution in [2.24, 2.45) is 5.73 Å². The normalized spacial score (nSPS) is 12.4. The first-order chi connectivity index (χ1) is 16.5. The van der Waals surface area contributed by atoms with Gasteiger partial charge in [-0.3, -0.25) is 14.3 Å². The summed E-state index contributed by atoms with van der Waals surface area (Å²) < 4.78 is 3.01. The van der Waals surface area contributed by atoms with E-state index in [2.05, 4.69) is 58.7 Å². The molecular weight excluding hydrogens is 559 g/mol. The lowest BCUT2D eigenvalue weighted by atomic mass is 10.1. The van der Waals surface area contributed by atoms with E-state index in [1.807, 2.05) is 34.9 Å². The Labute approximate surface area is 218 Å². The van der Waals surface area contributed by atoms with Crippen molar-refractivity contribution in [1.29, 1.82) is 0 Å². The van der Waals surface area contributed by atoms with Crippen LogP contribution in [-0.4, -0.2) is 27.5 Å². The van der Waals surface area contributed by atoms with Crippen LogP contribution < -0.4 is 11.3 Å². The first kappa shape index (κ1) is 24.9. The van der Waals surface area contributed by atoms with Gasteiger partial charge in [-0.05, 0) is 70.5 Å². The van der Waals surface area contributed by atoms with E-state index >= 15 is 0 Å². The Bertz CT molecular complexity index is 1310. The highest BCUT2D eigenvalue weighted by Gasteiger charge is 2.25. The van der Waals surface area contributed by atoms with Crippen LogP contribution in [0.5, 0.6) is 0 Å². The van der Waals surface area contributed by atoms with Crippen LogP contribution >= 0.6 is 34.2 Å². The number of nitrogens with zero attached hydrogens (tertiary/aromatic N) is 3. The second kappa shape index (κ2) is 11.4. The summed E-state index contributed by atoms with van der Waals surface area (Å²) in [4.78, 5) is 21.0. The zero-order valence-corrected chi connectivity index (χ0v) is 22.0. The van der Waals surface area contributed by atoms with E-state index in [9.17, 15) is 4.79 Å². The molecule has 34 heavy (non-hydrogen) atoms. The van der Waals surface area contributed by atoms with E-state index in [0.717, 1.165) is 24.4 Å². The highest BCUT2D eigenvalue weighted by molar-refractivity contribution is 14.1. The molecule has 1 heterocycles. The summed E-state index contributed by atoms with van der Waals surface area (Å²) in [6, 6.07) is 23.7. The predicted octanol–water partition coefficient (Wildman–Crippen LogP) is 5.61. The zero-order chi connectivity index (χ0) is 24.1. The van der Waals surface area contributed by atoms with E-state index in [0.29, 0.717) is 35.6 Å². The molecule has 2 N–H and O–H groups in total. The van der Waals surface area contributed by atoms with E-state index in [1.165, 1.54) is 9.13 Å². The number of fused-ring (bicyclic) bond motifs is 1. The molecular formula is C27H28ClIN4O. The van der Waals surface area contributed by atoms with E-state index in [-0.39, 0.29) is 11.6 Å². The number of nitrogens with two attached hydrogens (primary N) is 1. The molecule has 5 nitrogen and oxygen atoms in total. The molecule has 0 fully saturated rings. The van der Waals surface area contributed by atoms with Crippen molar-refractivity contribution in [3.8, 4) is 0 Å². The molecule has 0 aliphatic rings. The summed E-state index contributed by atoms with van der Waals surface area (Å²) in [7, 11) is 0. The third-order valence-electron chi connectivity index (χ3n) is 5.97. The molecule has 1 atom stereocenters. The van der Waals surface area contributed by atoms with Crippen molar-refractivity contribution < 1.29 is 0 Å². The Morgan fingerprint density at radius 2 is 1.79 bits per heavy atom. The Morgan fingerprint density at radius 3 is 2.47 bits per heavy atom. The second-order valence-electron chi connectivity index (χ2n) is 8.32. The summed E-state index contributed by atoms with van der Waals surface area (Å²) in [5.74, 6) is 0.741. The number of halogens is 2. The van der Waals surface area contributed by atoms with Crippen LogP contribution in [0.3, 0.4) is 0 Å². The van der Waals surface area contributed by atoms with Crippen molar-refractivity contribution in [1.82, 2.24) is 14.5 Å². The molecule has 1 aromatic heterocycles. The maximum absolute atomic E-state index is 13.7. The van der Waals surface area contributed by atoms with Gasteiger partial charge in [-0.15, -0.1) is 0 Å². The van der Waals surface area contributed by atoms with Crippen molar-refractivity contribution in [3.63, 3.8) is 0 Å². The molecule has 0 saturated heterocycles. The number of aromatic nitrogens is 2. The molecule has 0 aliphatic carbocycles. The highest BCUT2D eigenvalue weighted by Crippen LogP contribution is 2.27. The Balaban J connectivity index is 1.84. The Kier molecular flexibility index (Phi) is 8.37. The summed E-state index contributed by atoms with van der Waals surface area (Å²) >= 11 is 8.58. The lowest BCUT2D eigenvalue weighted by Crippen LogP contribution is -2.37. The molecule has 0 aliphatic heterocycles. The van der Waals surface area contributed by atoms with Crippen LogP contribution in [0.4, 0.5) is 0 Å². The van der Waals surface area contributed by atoms with Gasteiger partial charge in [0, 0.05) is 28.2 Å². The van der Waals surface area contributed by atoms with Crippen molar-refractivity contribution >= 4 is 45.1 Å². The first-order valence-electron chi connectivity index (χ1n) is 11.4. The average molecular weight is 587 g/mol. The molecule has 1 unspecified atom stereocenters. The topological polar surface area (TPSA) is 64.2 Å². The summed E-state index contributed by atoms with van der Waals surface area (Å²) in [5.41, 5.74) is 8.85. The fourth-order valence-electron chi connectivity index (χ4n) is 4.32. The first-order valence-corrected chi connectivity index (χ1v) is 12.9. The largest absolute Gasteiger partial charge is 0.329 e. The molecule has 0 saturated carbocycles. The zero-order valence-electron chi connectivity index (χ0n) is 19.1. The van der Waals surface area contributed by atoms with Crippen molar-refractivity contribution in [2.45, 2.75) is 32.5 Å². The molecule has 0 bridgehead atoms. The number of hydrogen-bond donors (Lipinski definition) is 1. The van der Waals surface area contributed by atoms with E-state index in [1.54, 1.807) is 18.2 Å². The lowest BCUT2D eigenvalue weighted by Gasteiger charge is -2.32. The summed E-state index contributed by atoms with van der Waals surface area (Å²) in [5, 5.41) is 1.14. The lowest BCUT2D eigenvalue weighted by molar-refractivity contribution is 0.176.